The first-order chi connectivity index (χ1) is 9.10. The average molecular weight is 321 g/mol. The molecule has 0 heterocycles. The lowest BCUT2D eigenvalue weighted by atomic mass is 10.2. The van der Waals surface area contributed by atoms with Gasteiger partial charge in [-0.15, -0.1) is 0 Å². The van der Waals surface area contributed by atoms with Gasteiger partial charge in [0.15, 0.2) is 0 Å². The third kappa shape index (κ3) is 3.35. The topological polar surface area (TPSA) is 35.5 Å². The van der Waals surface area contributed by atoms with Crippen molar-refractivity contribution in [2.24, 2.45) is 0 Å². The van der Waals surface area contributed by atoms with Crippen LogP contribution in [0.4, 0.5) is 0 Å². The zero-order valence-corrected chi connectivity index (χ0v) is 12.2. The van der Waals surface area contributed by atoms with Gasteiger partial charge in [-0.25, -0.2) is 4.79 Å². The van der Waals surface area contributed by atoms with Crippen LogP contribution < -0.4 is 9.47 Å². The van der Waals surface area contributed by atoms with Gasteiger partial charge < -0.3 is 9.47 Å². The number of hydrogen-bond donors (Lipinski definition) is 0. The van der Waals surface area contributed by atoms with E-state index in [-0.39, 0.29) is 5.97 Å². The van der Waals surface area contributed by atoms with Gasteiger partial charge in [-0.05, 0) is 55.0 Å². The highest BCUT2D eigenvalue weighted by molar-refractivity contribution is 9.10. The van der Waals surface area contributed by atoms with Crippen LogP contribution in [0.5, 0.6) is 11.5 Å². The molecule has 0 N–H and O–H groups in total. The van der Waals surface area contributed by atoms with E-state index in [9.17, 15) is 4.79 Å². The normalized spacial score (nSPS) is 10.1. The molecule has 2 aromatic rings. The average Bonchev–Trinajstić information content (AvgIpc) is 2.42. The summed E-state index contributed by atoms with van der Waals surface area (Å²) in [6, 6.07) is 12.3. The van der Waals surface area contributed by atoms with Crippen LogP contribution >= 0.6 is 15.9 Å². The molecule has 0 aliphatic heterocycles. The number of esters is 1. The molecule has 4 heteroatoms. The summed E-state index contributed by atoms with van der Waals surface area (Å²) < 4.78 is 11.4. The third-order valence-electron chi connectivity index (χ3n) is 2.67. The maximum absolute atomic E-state index is 12.0. The number of hydrogen-bond acceptors (Lipinski definition) is 3. The van der Waals surface area contributed by atoms with Gasteiger partial charge in [0, 0.05) is 4.47 Å². The predicted molar refractivity (Wildman–Crippen MR) is 76.8 cm³/mol. The second kappa shape index (κ2) is 5.89. The summed E-state index contributed by atoms with van der Waals surface area (Å²) >= 11 is 3.37. The fourth-order valence-corrected chi connectivity index (χ4v) is 2.09. The Labute approximate surface area is 120 Å². The largest absolute Gasteiger partial charge is 0.497 e. The van der Waals surface area contributed by atoms with Gasteiger partial charge >= 0.3 is 5.97 Å². The summed E-state index contributed by atoms with van der Waals surface area (Å²) in [5, 5.41) is 0. The summed E-state index contributed by atoms with van der Waals surface area (Å²) in [5.41, 5.74) is 1.39. The van der Waals surface area contributed by atoms with Gasteiger partial charge in [0.05, 0.1) is 12.7 Å². The second-order valence-electron chi connectivity index (χ2n) is 4.03. The Morgan fingerprint density at radius 3 is 2.37 bits per heavy atom. The number of carbonyl (C=O) groups excluding carboxylic acids is 1. The molecule has 0 bridgehead atoms. The Balaban J connectivity index is 2.15. The van der Waals surface area contributed by atoms with E-state index >= 15 is 0 Å². The first-order valence-corrected chi connectivity index (χ1v) is 6.52. The number of rotatable bonds is 3. The SMILES string of the molecule is COc1ccc(C(=O)Oc2ccc(Br)cc2C)cc1. The lowest BCUT2D eigenvalue weighted by Gasteiger charge is -2.08. The molecule has 2 aromatic carbocycles. The van der Waals surface area contributed by atoms with E-state index in [0.29, 0.717) is 17.1 Å². The minimum absolute atomic E-state index is 0.381. The minimum Gasteiger partial charge on any atom is -0.497 e. The van der Waals surface area contributed by atoms with E-state index in [2.05, 4.69) is 15.9 Å². The zero-order valence-electron chi connectivity index (χ0n) is 10.6. The first-order valence-electron chi connectivity index (χ1n) is 5.72. The Kier molecular flexibility index (Phi) is 4.22. The van der Waals surface area contributed by atoms with Crippen LogP contribution in [0.15, 0.2) is 46.9 Å². The molecule has 19 heavy (non-hydrogen) atoms. The quantitative estimate of drug-likeness (QED) is 0.633. The fourth-order valence-electron chi connectivity index (χ4n) is 1.61. The zero-order chi connectivity index (χ0) is 13.8. The van der Waals surface area contributed by atoms with Crippen LogP contribution in [0.25, 0.3) is 0 Å². The highest BCUT2D eigenvalue weighted by Crippen LogP contribution is 2.23. The standard InChI is InChI=1S/C15H13BrO3/c1-10-9-12(16)5-8-14(10)19-15(17)11-3-6-13(18-2)7-4-11/h3-9H,1-2H3. The van der Waals surface area contributed by atoms with Crippen molar-refractivity contribution in [3.8, 4) is 11.5 Å². The van der Waals surface area contributed by atoms with Gasteiger partial charge in [0.25, 0.3) is 0 Å². The molecule has 0 aliphatic carbocycles. The molecule has 0 amide bonds. The molecule has 0 saturated carbocycles. The van der Waals surface area contributed by atoms with E-state index in [0.717, 1.165) is 10.0 Å². The molecular weight excluding hydrogens is 308 g/mol. The predicted octanol–water partition coefficient (Wildman–Crippen LogP) is 3.99. The van der Waals surface area contributed by atoms with Crippen molar-refractivity contribution in [3.63, 3.8) is 0 Å². The van der Waals surface area contributed by atoms with Crippen LogP contribution in [0.1, 0.15) is 15.9 Å². The van der Waals surface area contributed by atoms with Gasteiger partial charge in [0.1, 0.15) is 11.5 Å². The second-order valence-corrected chi connectivity index (χ2v) is 4.94. The van der Waals surface area contributed by atoms with Crippen molar-refractivity contribution < 1.29 is 14.3 Å². The van der Waals surface area contributed by atoms with E-state index in [1.54, 1.807) is 37.4 Å². The summed E-state index contributed by atoms with van der Waals surface area (Å²) in [5.74, 6) is 0.883. The lowest BCUT2D eigenvalue weighted by Crippen LogP contribution is -2.09. The monoisotopic (exact) mass is 320 g/mol. The van der Waals surface area contributed by atoms with Crippen molar-refractivity contribution in [3.05, 3.63) is 58.1 Å². The molecule has 0 fully saturated rings. The Morgan fingerprint density at radius 1 is 1.11 bits per heavy atom. The maximum Gasteiger partial charge on any atom is 0.343 e. The summed E-state index contributed by atoms with van der Waals surface area (Å²) in [6.07, 6.45) is 0. The number of aryl methyl sites for hydroxylation is 1. The fraction of sp³-hybridized carbons (Fsp3) is 0.133. The van der Waals surface area contributed by atoms with Crippen molar-refractivity contribution in [2.75, 3.05) is 7.11 Å². The maximum atomic E-state index is 12.0. The number of ether oxygens (including phenoxy) is 2. The summed E-state index contributed by atoms with van der Waals surface area (Å²) in [7, 11) is 1.58. The molecular formula is C15H13BrO3. The van der Waals surface area contributed by atoms with Crippen molar-refractivity contribution in [2.45, 2.75) is 6.92 Å². The van der Waals surface area contributed by atoms with Crippen molar-refractivity contribution in [1.29, 1.82) is 0 Å². The van der Waals surface area contributed by atoms with Gasteiger partial charge in [-0.3, -0.25) is 0 Å². The highest BCUT2D eigenvalue weighted by Gasteiger charge is 2.10. The Bertz CT molecular complexity index is 591. The molecule has 0 saturated heterocycles. The number of halogens is 1. The smallest absolute Gasteiger partial charge is 0.343 e. The lowest BCUT2D eigenvalue weighted by molar-refractivity contribution is 0.0733. The summed E-state index contributed by atoms with van der Waals surface area (Å²) in [6.45, 7) is 1.89. The molecule has 0 radical (unpaired) electrons. The van der Waals surface area contributed by atoms with Crippen LogP contribution in [0.3, 0.4) is 0 Å². The molecule has 3 nitrogen and oxygen atoms in total. The van der Waals surface area contributed by atoms with E-state index in [1.807, 2.05) is 19.1 Å². The first kappa shape index (κ1) is 13.6. The number of benzene rings is 2. The molecule has 2 rings (SSSR count). The van der Waals surface area contributed by atoms with Crippen LogP contribution in [-0.2, 0) is 0 Å². The highest BCUT2D eigenvalue weighted by atomic mass is 79.9. The Hall–Kier alpha value is -1.81. The Morgan fingerprint density at radius 2 is 1.79 bits per heavy atom. The molecule has 0 atom stereocenters. The minimum atomic E-state index is -0.381. The number of carbonyl (C=O) groups is 1. The molecule has 0 unspecified atom stereocenters. The van der Waals surface area contributed by atoms with Crippen LogP contribution in [0.2, 0.25) is 0 Å². The van der Waals surface area contributed by atoms with E-state index < -0.39 is 0 Å². The van der Waals surface area contributed by atoms with E-state index in [1.165, 1.54) is 0 Å². The van der Waals surface area contributed by atoms with Crippen LogP contribution in [0, 0.1) is 6.92 Å². The molecule has 98 valence electrons. The molecule has 0 spiro atoms. The number of methoxy groups -OCH3 is 1. The third-order valence-corrected chi connectivity index (χ3v) is 3.16. The van der Waals surface area contributed by atoms with Crippen LogP contribution in [-0.4, -0.2) is 13.1 Å². The molecule has 0 aromatic heterocycles. The van der Waals surface area contributed by atoms with Crippen molar-refractivity contribution in [1.82, 2.24) is 0 Å². The summed E-state index contributed by atoms with van der Waals surface area (Å²) in [4.78, 5) is 12.0. The van der Waals surface area contributed by atoms with Gasteiger partial charge in [0.2, 0.25) is 0 Å². The van der Waals surface area contributed by atoms with Gasteiger partial charge in [-0.1, -0.05) is 15.9 Å². The van der Waals surface area contributed by atoms with Crippen molar-refractivity contribution >= 4 is 21.9 Å². The molecule has 0 aliphatic rings. The van der Waals surface area contributed by atoms with E-state index in [4.69, 9.17) is 9.47 Å². The van der Waals surface area contributed by atoms with Gasteiger partial charge in [-0.2, -0.15) is 0 Å².